The molecule has 1 aromatic carbocycles. The summed E-state index contributed by atoms with van der Waals surface area (Å²) in [6.07, 6.45) is 3.82. The highest BCUT2D eigenvalue weighted by molar-refractivity contribution is 6.30. The van der Waals surface area contributed by atoms with Gasteiger partial charge >= 0.3 is 5.03 Å². The second-order valence-electron chi connectivity index (χ2n) is 6.94. The monoisotopic (exact) mass is 401 g/mol. The van der Waals surface area contributed by atoms with E-state index in [9.17, 15) is 15.0 Å². The maximum atomic E-state index is 11.2. The first-order valence-electron chi connectivity index (χ1n) is 8.99. The minimum Gasteiger partial charge on any atom is -0.258 e. The molecule has 1 aliphatic heterocycles. The molecular weight excluding hydrogens is 384 g/mol. The molecule has 0 unspecified atom stereocenters. The topological polar surface area (TPSA) is 99.6 Å². The van der Waals surface area contributed by atoms with Crippen molar-refractivity contribution in [2.45, 2.75) is 25.7 Å². The number of aryl methyl sites for hydroxylation is 2. The zero-order valence-corrected chi connectivity index (χ0v) is 15.7. The molecule has 2 heterocycles. The Hall–Kier alpha value is -3.00. The molecule has 1 fully saturated rings. The maximum Gasteiger partial charge on any atom is 0.357 e. The van der Waals surface area contributed by atoms with Crippen molar-refractivity contribution in [2.24, 2.45) is 0 Å². The van der Waals surface area contributed by atoms with E-state index in [1.807, 2.05) is 18.2 Å². The summed E-state index contributed by atoms with van der Waals surface area (Å²) < 4.78 is 0. The van der Waals surface area contributed by atoms with Crippen molar-refractivity contribution >= 4 is 22.9 Å². The van der Waals surface area contributed by atoms with Crippen LogP contribution < -0.4 is 0 Å². The van der Waals surface area contributed by atoms with Gasteiger partial charge in [-0.2, -0.15) is 0 Å². The third kappa shape index (κ3) is 3.31. The molecule has 1 saturated heterocycles. The van der Waals surface area contributed by atoms with Gasteiger partial charge in [-0.25, -0.2) is 10.2 Å². The summed E-state index contributed by atoms with van der Waals surface area (Å²) in [5.41, 5.74) is 5.73. The van der Waals surface area contributed by atoms with Crippen LogP contribution in [0.25, 0.3) is 5.57 Å². The Morgan fingerprint density at radius 1 is 1.07 bits per heavy atom. The van der Waals surface area contributed by atoms with Crippen LogP contribution in [0.1, 0.15) is 35.2 Å². The average Bonchev–Trinajstić information content (AvgIpc) is 2.84. The number of benzene rings is 1. The van der Waals surface area contributed by atoms with Gasteiger partial charge in [-0.1, -0.05) is 28.2 Å². The molecule has 0 bridgehead atoms. The molecule has 0 atom stereocenters. The third-order valence-corrected chi connectivity index (χ3v) is 5.57. The molecule has 8 nitrogen and oxygen atoms in total. The van der Waals surface area contributed by atoms with Gasteiger partial charge in [-0.15, -0.1) is 0 Å². The standard InChI is InChI=1S/C19H18ClN4O4/c20-15-3-4-17-13(9-15)1-2-14-10-16(23(25)26)11-21-19(14)18(17)12-5-7-22(8-6-12)24(27)28/h3-4,9-11H,1-2,5-8H2,(H,27,28)/q+1. The van der Waals surface area contributed by atoms with Crippen molar-refractivity contribution in [3.05, 3.63) is 78.5 Å². The van der Waals surface area contributed by atoms with E-state index in [4.69, 9.17) is 16.8 Å². The summed E-state index contributed by atoms with van der Waals surface area (Å²) in [4.78, 5) is 26.4. The predicted molar refractivity (Wildman–Crippen MR) is 102 cm³/mol. The lowest BCUT2D eigenvalue weighted by Crippen LogP contribution is -2.37. The van der Waals surface area contributed by atoms with E-state index in [1.54, 1.807) is 6.07 Å². The number of hydrazine groups is 1. The van der Waals surface area contributed by atoms with Gasteiger partial charge in [0.25, 0.3) is 5.69 Å². The van der Waals surface area contributed by atoms with E-state index in [0.29, 0.717) is 43.8 Å². The average molecular weight is 402 g/mol. The Balaban J connectivity index is 1.87. The first-order valence-corrected chi connectivity index (χ1v) is 9.37. The van der Waals surface area contributed by atoms with Gasteiger partial charge in [0.1, 0.15) is 11.1 Å². The summed E-state index contributed by atoms with van der Waals surface area (Å²) in [6.45, 7) is 0.786. The van der Waals surface area contributed by atoms with E-state index in [-0.39, 0.29) is 10.7 Å². The highest BCUT2D eigenvalue weighted by Crippen LogP contribution is 2.39. The number of pyridine rings is 1. The Morgan fingerprint density at radius 3 is 2.46 bits per heavy atom. The number of piperidine rings is 1. The van der Waals surface area contributed by atoms with Crippen LogP contribution in [-0.4, -0.2) is 38.2 Å². The van der Waals surface area contributed by atoms with Crippen LogP contribution in [0.15, 0.2) is 36.0 Å². The van der Waals surface area contributed by atoms with Gasteiger partial charge < -0.3 is 0 Å². The van der Waals surface area contributed by atoms with Crippen LogP contribution in [0.3, 0.4) is 0 Å². The van der Waals surface area contributed by atoms with Crippen LogP contribution in [-0.2, 0) is 12.8 Å². The lowest BCUT2D eigenvalue weighted by atomic mass is 9.89. The normalized spacial score (nSPS) is 16.2. The largest absolute Gasteiger partial charge is 0.357 e. The molecule has 0 amide bonds. The fraction of sp³-hybridized carbons (Fsp3) is 0.316. The summed E-state index contributed by atoms with van der Waals surface area (Å²) in [7, 11) is 0. The molecule has 1 aromatic heterocycles. The first kappa shape index (κ1) is 18.4. The molecule has 4 rings (SSSR count). The summed E-state index contributed by atoms with van der Waals surface area (Å²) in [5, 5.41) is 22.2. The summed E-state index contributed by atoms with van der Waals surface area (Å²) >= 11 is 6.20. The van der Waals surface area contributed by atoms with Crippen molar-refractivity contribution in [3.63, 3.8) is 0 Å². The van der Waals surface area contributed by atoms with Gasteiger partial charge in [0.15, 0.2) is 0 Å². The molecule has 0 radical (unpaired) electrons. The van der Waals surface area contributed by atoms with E-state index in [2.05, 4.69) is 4.98 Å². The van der Waals surface area contributed by atoms with Crippen LogP contribution in [0.4, 0.5) is 5.69 Å². The maximum absolute atomic E-state index is 11.2. The quantitative estimate of drug-likeness (QED) is 0.608. The second kappa shape index (κ2) is 7.20. The van der Waals surface area contributed by atoms with Crippen LogP contribution in [0.2, 0.25) is 5.02 Å². The van der Waals surface area contributed by atoms with Gasteiger partial charge in [-0.3, -0.25) is 10.1 Å². The minimum atomic E-state index is -0.433. The van der Waals surface area contributed by atoms with Crippen molar-refractivity contribution in [2.75, 3.05) is 13.1 Å². The Kier molecular flexibility index (Phi) is 4.72. The number of aromatic nitrogens is 1. The number of fused-ring (bicyclic) bond motifs is 2. The third-order valence-electron chi connectivity index (χ3n) is 5.34. The number of nitrogens with zero attached hydrogens (tertiary/aromatic N) is 4. The van der Waals surface area contributed by atoms with E-state index in [1.165, 1.54) is 11.2 Å². The second-order valence-corrected chi connectivity index (χ2v) is 7.38. The van der Waals surface area contributed by atoms with Gasteiger partial charge in [0, 0.05) is 16.7 Å². The molecule has 144 valence electrons. The predicted octanol–water partition coefficient (Wildman–Crippen LogP) is 3.72. The zero-order chi connectivity index (χ0) is 19.8. The minimum absolute atomic E-state index is 0.0239. The summed E-state index contributed by atoms with van der Waals surface area (Å²) in [6, 6.07) is 7.33. The molecule has 1 N–H and O–H groups in total. The fourth-order valence-corrected chi connectivity index (χ4v) is 4.16. The molecule has 0 spiro atoms. The fourth-order valence-electron chi connectivity index (χ4n) is 3.97. The molecule has 2 aliphatic rings. The molecule has 1 aliphatic carbocycles. The van der Waals surface area contributed by atoms with Gasteiger partial charge in [0.2, 0.25) is 0 Å². The van der Waals surface area contributed by atoms with Crippen molar-refractivity contribution in [1.29, 1.82) is 0 Å². The Morgan fingerprint density at radius 2 is 1.79 bits per heavy atom. The van der Waals surface area contributed by atoms with Crippen molar-refractivity contribution in [1.82, 2.24) is 9.99 Å². The lowest BCUT2D eigenvalue weighted by molar-refractivity contribution is -0.903. The SMILES string of the molecule is O=[N+]([O-])c1cnc2c(c1)CCc1cc(Cl)ccc1C2=C1CCN([N+](=O)O)CC1. The number of hydrogen-bond acceptors (Lipinski definition) is 4. The van der Waals surface area contributed by atoms with Gasteiger partial charge in [-0.05, 0) is 54.5 Å². The van der Waals surface area contributed by atoms with Crippen LogP contribution in [0, 0.1) is 15.0 Å². The number of hydrogen-bond donors (Lipinski definition) is 1. The number of nitro groups is 1. The van der Waals surface area contributed by atoms with E-state index < -0.39 is 4.92 Å². The van der Waals surface area contributed by atoms with E-state index >= 15 is 0 Å². The molecule has 28 heavy (non-hydrogen) atoms. The van der Waals surface area contributed by atoms with Gasteiger partial charge in [0.05, 0.1) is 23.7 Å². The molecule has 9 heteroatoms. The van der Waals surface area contributed by atoms with Crippen LogP contribution >= 0.6 is 11.6 Å². The first-order chi connectivity index (χ1) is 13.4. The Bertz CT molecular complexity index is 1010. The number of rotatable bonds is 2. The Labute approximate surface area is 165 Å². The van der Waals surface area contributed by atoms with Crippen LogP contribution in [0.5, 0.6) is 0 Å². The van der Waals surface area contributed by atoms with E-state index in [0.717, 1.165) is 33.5 Å². The zero-order valence-electron chi connectivity index (χ0n) is 15.0. The molecule has 0 saturated carbocycles. The smallest absolute Gasteiger partial charge is 0.258 e. The summed E-state index contributed by atoms with van der Waals surface area (Å²) in [5.74, 6) is 0. The lowest BCUT2D eigenvalue weighted by Gasteiger charge is -2.23. The molecular formula is C19H18ClN4O4+. The van der Waals surface area contributed by atoms with Crippen molar-refractivity contribution in [3.8, 4) is 0 Å². The van der Waals surface area contributed by atoms with Crippen molar-refractivity contribution < 1.29 is 15.2 Å². The molecule has 2 aromatic rings. The highest BCUT2D eigenvalue weighted by atomic mass is 35.5. The number of halogens is 1. The highest BCUT2D eigenvalue weighted by Gasteiger charge is 2.30.